The third-order valence-corrected chi connectivity index (χ3v) is 7.14. The van der Waals surface area contributed by atoms with E-state index >= 15 is 0 Å². The van der Waals surface area contributed by atoms with Crippen LogP contribution in [-0.4, -0.2) is 54.9 Å². The number of carbonyl (C=O) groups is 1. The lowest BCUT2D eigenvalue weighted by atomic mass is 10.0. The quantitative estimate of drug-likeness (QED) is 0.591. The summed E-state index contributed by atoms with van der Waals surface area (Å²) < 4.78 is 71.7. The molecule has 32 heavy (non-hydrogen) atoms. The van der Waals surface area contributed by atoms with E-state index in [4.69, 9.17) is 4.52 Å². The first-order valence-electron chi connectivity index (χ1n) is 9.65. The van der Waals surface area contributed by atoms with Gasteiger partial charge in [0.2, 0.25) is 10.0 Å². The maximum atomic E-state index is 13.5. The predicted molar refractivity (Wildman–Crippen MR) is 108 cm³/mol. The molecule has 0 aliphatic carbocycles. The molecule has 2 aromatic carbocycles. The Morgan fingerprint density at radius 3 is 2.25 bits per heavy atom. The van der Waals surface area contributed by atoms with Gasteiger partial charge < -0.3 is 9.42 Å². The summed E-state index contributed by atoms with van der Waals surface area (Å²) in [4.78, 5) is 14.2. The highest BCUT2D eigenvalue weighted by molar-refractivity contribution is 7.89. The predicted octanol–water partition coefficient (Wildman–Crippen LogP) is 3.21. The summed E-state index contributed by atoms with van der Waals surface area (Å²) in [5, 5.41) is 3.92. The summed E-state index contributed by atoms with van der Waals surface area (Å²) in [5.41, 5.74) is 0.990. The van der Waals surface area contributed by atoms with Gasteiger partial charge in [0.1, 0.15) is 22.8 Å². The normalized spacial score (nSPS) is 15.2. The average molecular weight is 465 g/mol. The van der Waals surface area contributed by atoms with E-state index in [0.717, 1.165) is 16.4 Å². The van der Waals surface area contributed by atoms with Gasteiger partial charge >= 0.3 is 0 Å². The molecule has 3 aromatic rings. The number of benzene rings is 2. The molecule has 0 bridgehead atoms. The monoisotopic (exact) mass is 465 g/mol. The van der Waals surface area contributed by atoms with Gasteiger partial charge in [-0.25, -0.2) is 21.6 Å². The van der Waals surface area contributed by atoms with Gasteiger partial charge in [-0.15, -0.1) is 0 Å². The molecule has 2 heterocycles. The van der Waals surface area contributed by atoms with Crippen molar-refractivity contribution in [3.63, 3.8) is 0 Å². The van der Waals surface area contributed by atoms with Crippen molar-refractivity contribution in [1.82, 2.24) is 14.4 Å². The van der Waals surface area contributed by atoms with E-state index < -0.39 is 33.4 Å². The zero-order chi connectivity index (χ0) is 23.0. The van der Waals surface area contributed by atoms with Crippen molar-refractivity contribution >= 4 is 15.9 Å². The Bertz CT molecular complexity index is 1270. The van der Waals surface area contributed by atoms with Crippen LogP contribution in [-0.2, 0) is 10.0 Å². The van der Waals surface area contributed by atoms with Gasteiger partial charge in [0.15, 0.2) is 11.6 Å². The molecule has 7 nitrogen and oxygen atoms in total. The van der Waals surface area contributed by atoms with Crippen LogP contribution in [0.4, 0.5) is 13.2 Å². The molecule has 0 atom stereocenters. The summed E-state index contributed by atoms with van der Waals surface area (Å²) >= 11 is 0. The number of sulfonamides is 1. The van der Waals surface area contributed by atoms with Crippen LogP contribution in [0.5, 0.6) is 0 Å². The number of aromatic nitrogens is 1. The molecular weight excluding hydrogens is 447 g/mol. The standard InChI is InChI=1S/C21H18F3N3O4S/c1-13-19(20(25-31-13)14-2-4-15(22)5-3-14)21(28)26-8-10-27(11-9-26)32(29,30)16-6-7-17(23)18(24)12-16/h2-7,12H,8-11H2,1H3. The zero-order valence-corrected chi connectivity index (χ0v) is 17.7. The lowest BCUT2D eigenvalue weighted by molar-refractivity contribution is 0.0696. The first-order chi connectivity index (χ1) is 15.2. The van der Waals surface area contributed by atoms with Crippen LogP contribution >= 0.6 is 0 Å². The second-order valence-corrected chi connectivity index (χ2v) is 9.18. The second kappa shape index (κ2) is 8.40. The van der Waals surface area contributed by atoms with Crippen LogP contribution in [0.2, 0.25) is 0 Å². The Balaban J connectivity index is 1.52. The van der Waals surface area contributed by atoms with E-state index in [2.05, 4.69) is 5.16 Å². The van der Waals surface area contributed by atoms with Gasteiger partial charge in [0.05, 0.1) is 4.90 Å². The molecule has 0 saturated carbocycles. The van der Waals surface area contributed by atoms with Crippen LogP contribution in [0.3, 0.4) is 0 Å². The minimum atomic E-state index is -4.05. The van der Waals surface area contributed by atoms with Gasteiger partial charge in [0, 0.05) is 31.7 Å². The van der Waals surface area contributed by atoms with Crippen molar-refractivity contribution < 1.29 is 30.9 Å². The molecule has 0 radical (unpaired) electrons. The highest BCUT2D eigenvalue weighted by Gasteiger charge is 2.33. The van der Waals surface area contributed by atoms with E-state index in [9.17, 15) is 26.4 Å². The van der Waals surface area contributed by atoms with E-state index in [1.54, 1.807) is 6.92 Å². The maximum absolute atomic E-state index is 13.5. The zero-order valence-electron chi connectivity index (χ0n) is 16.9. The van der Waals surface area contributed by atoms with Crippen LogP contribution < -0.4 is 0 Å². The number of nitrogens with zero attached hydrogens (tertiary/aromatic N) is 3. The molecule has 168 valence electrons. The molecule has 1 amide bonds. The van der Waals surface area contributed by atoms with Crippen molar-refractivity contribution in [2.75, 3.05) is 26.2 Å². The largest absolute Gasteiger partial charge is 0.360 e. The lowest BCUT2D eigenvalue weighted by Gasteiger charge is -2.34. The summed E-state index contributed by atoms with van der Waals surface area (Å²) in [6.07, 6.45) is 0. The van der Waals surface area contributed by atoms with E-state index in [1.807, 2.05) is 0 Å². The van der Waals surface area contributed by atoms with Crippen molar-refractivity contribution in [3.05, 3.63) is 71.2 Å². The Kier molecular flexibility index (Phi) is 5.78. The molecule has 1 aliphatic heterocycles. The first-order valence-corrected chi connectivity index (χ1v) is 11.1. The fourth-order valence-corrected chi connectivity index (χ4v) is 4.94. The fourth-order valence-electron chi connectivity index (χ4n) is 3.50. The van der Waals surface area contributed by atoms with Crippen LogP contribution in [0.25, 0.3) is 11.3 Å². The van der Waals surface area contributed by atoms with E-state index in [0.29, 0.717) is 11.6 Å². The molecular formula is C21H18F3N3O4S. The number of halogens is 3. The minimum Gasteiger partial charge on any atom is -0.360 e. The molecule has 1 aliphatic rings. The molecule has 1 saturated heterocycles. The number of rotatable bonds is 4. The van der Waals surface area contributed by atoms with E-state index in [1.165, 1.54) is 29.2 Å². The third kappa shape index (κ3) is 4.00. The molecule has 0 unspecified atom stereocenters. The summed E-state index contributed by atoms with van der Waals surface area (Å²) in [7, 11) is -4.05. The Hall–Kier alpha value is -3.18. The van der Waals surface area contributed by atoms with Crippen molar-refractivity contribution in [1.29, 1.82) is 0 Å². The highest BCUT2D eigenvalue weighted by Crippen LogP contribution is 2.28. The maximum Gasteiger partial charge on any atom is 0.259 e. The van der Waals surface area contributed by atoms with E-state index in [-0.39, 0.29) is 48.1 Å². The number of hydrogen-bond acceptors (Lipinski definition) is 5. The number of amides is 1. The van der Waals surface area contributed by atoms with Crippen LogP contribution in [0.15, 0.2) is 51.9 Å². The van der Waals surface area contributed by atoms with Gasteiger partial charge in [-0.2, -0.15) is 4.31 Å². The second-order valence-electron chi connectivity index (χ2n) is 7.24. The summed E-state index contributed by atoms with van der Waals surface area (Å²) in [6, 6.07) is 7.85. The number of aryl methyl sites for hydroxylation is 1. The van der Waals surface area contributed by atoms with Crippen LogP contribution in [0, 0.1) is 24.4 Å². The molecule has 11 heteroatoms. The number of piperazine rings is 1. The fraction of sp³-hybridized carbons (Fsp3) is 0.238. The Labute approximate surface area is 182 Å². The smallest absolute Gasteiger partial charge is 0.259 e. The molecule has 0 spiro atoms. The van der Waals surface area contributed by atoms with Crippen molar-refractivity contribution in [2.45, 2.75) is 11.8 Å². The number of hydrogen-bond donors (Lipinski definition) is 0. The molecule has 1 aromatic heterocycles. The van der Waals surface area contributed by atoms with Gasteiger partial charge in [-0.3, -0.25) is 4.79 Å². The molecule has 0 N–H and O–H groups in total. The molecule has 1 fully saturated rings. The molecule has 4 rings (SSSR count). The summed E-state index contributed by atoms with van der Waals surface area (Å²) in [5.74, 6) is -2.93. The average Bonchev–Trinajstić information content (AvgIpc) is 3.17. The van der Waals surface area contributed by atoms with Gasteiger partial charge in [-0.1, -0.05) is 5.16 Å². The SMILES string of the molecule is Cc1onc(-c2ccc(F)cc2)c1C(=O)N1CCN(S(=O)(=O)c2ccc(F)c(F)c2)CC1. The Morgan fingerprint density at radius 1 is 0.969 bits per heavy atom. The van der Waals surface area contributed by atoms with Crippen molar-refractivity contribution in [3.8, 4) is 11.3 Å². The Morgan fingerprint density at radius 2 is 1.62 bits per heavy atom. The first kappa shape index (κ1) is 22.0. The number of carbonyl (C=O) groups excluding carboxylic acids is 1. The van der Waals surface area contributed by atoms with Crippen LogP contribution in [0.1, 0.15) is 16.1 Å². The topological polar surface area (TPSA) is 83.7 Å². The van der Waals surface area contributed by atoms with Gasteiger partial charge in [0.25, 0.3) is 5.91 Å². The van der Waals surface area contributed by atoms with Crippen molar-refractivity contribution in [2.24, 2.45) is 0 Å². The lowest BCUT2D eigenvalue weighted by Crippen LogP contribution is -2.50. The minimum absolute atomic E-state index is 0.0245. The highest BCUT2D eigenvalue weighted by atomic mass is 32.2. The third-order valence-electron chi connectivity index (χ3n) is 5.25. The summed E-state index contributed by atoms with van der Waals surface area (Å²) in [6.45, 7) is 1.69. The van der Waals surface area contributed by atoms with Gasteiger partial charge in [-0.05, 0) is 49.4 Å².